The van der Waals surface area contributed by atoms with Gasteiger partial charge in [0.1, 0.15) is 17.8 Å². The number of hydrogen-bond acceptors (Lipinski definition) is 5. The minimum absolute atomic E-state index is 0.306. The van der Waals surface area contributed by atoms with E-state index in [-0.39, 0.29) is 0 Å². The van der Waals surface area contributed by atoms with Crippen molar-refractivity contribution in [3.05, 3.63) is 18.1 Å². The Labute approximate surface area is 111 Å². The molecule has 0 aliphatic carbocycles. The van der Waals surface area contributed by atoms with Gasteiger partial charge in [-0.05, 0) is 13.1 Å². The van der Waals surface area contributed by atoms with E-state index >= 15 is 0 Å². The van der Waals surface area contributed by atoms with E-state index in [0.29, 0.717) is 18.9 Å². The number of hydrogen-bond donors (Lipinski definition) is 2. The maximum absolute atomic E-state index is 5.90. The summed E-state index contributed by atoms with van der Waals surface area (Å²) in [6, 6.07) is 0. The Bertz CT molecular complexity index is 646. The van der Waals surface area contributed by atoms with E-state index in [0.717, 1.165) is 29.6 Å². The summed E-state index contributed by atoms with van der Waals surface area (Å²) in [5.74, 6) is 6.27. The fraction of sp³-hybridized carbons (Fsp3) is 0.308. The van der Waals surface area contributed by atoms with Crippen LogP contribution in [0.1, 0.15) is 12.0 Å². The van der Waals surface area contributed by atoms with Crippen LogP contribution in [0.5, 0.6) is 0 Å². The van der Waals surface area contributed by atoms with Crippen molar-refractivity contribution in [3.8, 4) is 11.8 Å². The highest BCUT2D eigenvalue weighted by Gasteiger charge is 2.11. The molecule has 19 heavy (non-hydrogen) atoms. The van der Waals surface area contributed by atoms with Gasteiger partial charge in [-0.3, -0.25) is 0 Å². The standard InChI is InChI=1S/C13H16N6/c1-16-6-3-7-19-8-10(4-2-5-14)11-12(15)17-9-18-13(11)19/h8-9H,1,3,5-7,14H2,(H2,15,17,18). The molecule has 0 saturated heterocycles. The predicted octanol–water partition coefficient (Wildman–Crippen LogP) is 0.414. The SMILES string of the molecule is C=NCCCn1cc(C#CCN)c2c(N)ncnc21. The van der Waals surface area contributed by atoms with Crippen LogP contribution in [-0.2, 0) is 6.54 Å². The molecule has 0 amide bonds. The van der Waals surface area contributed by atoms with Crippen LogP contribution in [0.3, 0.4) is 0 Å². The van der Waals surface area contributed by atoms with E-state index in [9.17, 15) is 0 Å². The Hall–Kier alpha value is -2.39. The zero-order valence-corrected chi connectivity index (χ0v) is 10.6. The van der Waals surface area contributed by atoms with Crippen LogP contribution in [0, 0.1) is 11.8 Å². The highest BCUT2D eigenvalue weighted by Crippen LogP contribution is 2.23. The molecule has 98 valence electrons. The van der Waals surface area contributed by atoms with Crippen molar-refractivity contribution in [3.63, 3.8) is 0 Å². The first-order valence-electron chi connectivity index (χ1n) is 5.98. The lowest BCUT2D eigenvalue weighted by molar-refractivity contribution is 0.667. The number of nitrogen functional groups attached to an aromatic ring is 1. The topological polar surface area (TPSA) is 95.1 Å². The largest absolute Gasteiger partial charge is 0.383 e. The Morgan fingerprint density at radius 2 is 2.26 bits per heavy atom. The molecule has 2 heterocycles. The first kappa shape index (κ1) is 13.1. The van der Waals surface area contributed by atoms with Crippen molar-refractivity contribution in [2.75, 3.05) is 18.8 Å². The fourth-order valence-electron chi connectivity index (χ4n) is 1.91. The second-order valence-corrected chi connectivity index (χ2v) is 4.00. The normalized spacial score (nSPS) is 10.2. The highest BCUT2D eigenvalue weighted by atomic mass is 15.1. The molecule has 0 aliphatic rings. The third kappa shape index (κ3) is 2.72. The molecule has 6 nitrogen and oxygen atoms in total. The molecule has 0 unspecified atom stereocenters. The zero-order chi connectivity index (χ0) is 13.7. The number of aliphatic imine (C=N–C) groups is 1. The van der Waals surface area contributed by atoms with Gasteiger partial charge < -0.3 is 21.0 Å². The second kappa shape index (κ2) is 5.98. The molecule has 2 aromatic rings. The second-order valence-electron chi connectivity index (χ2n) is 4.00. The molecule has 4 N–H and O–H groups in total. The Kier molecular flexibility index (Phi) is 4.11. The van der Waals surface area contributed by atoms with E-state index in [1.54, 1.807) is 0 Å². The Morgan fingerprint density at radius 1 is 1.42 bits per heavy atom. The summed E-state index contributed by atoms with van der Waals surface area (Å²) < 4.78 is 2.01. The summed E-state index contributed by atoms with van der Waals surface area (Å²) in [7, 11) is 0. The van der Waals surface area contributed by atoms with Crippen LogP contribution in [-0.4, -0.2) is 34.3 Å². The number of nitrogens with two attached hydrogens (primary N) is 2. The van der Waals surface area contributed by atoms with E-state index in [1.165, 1.54) is 6.33 Å². The molecule has 0 fully saturated rings. The Morgan fingerprint density at radius 3 is 3.00 bits per heavy atom. The van der Waals surface area contributed by atoms with Crippen LogP contribution in [0.25, 0.3) is 11.0 Å². The molecule has 0 saturated carbocycles. The van der Waals surface area contributed by atoms with E-state index < -0.39 is 0 Å². The average molecular weight is 256 g/mol. The van der Waals surface area contributed by atoms with Gasteiger partial charge in [0.25, 0.3) is 0 Å². The minimum atomic E-state index is 0.306. The molecule has 0 bridgehead atoms. The monoisotopic (exact) mass is 256 g/mol. The smallest absolute Gasteiger partial charge is 0.146 e. The molecule has 0 atom stereocenters. The molecule has 2 rings (SSSR count). The van der Waals surface area contributed by atoms with Gasteiger partial charge in [0.05, 0.1) is 17.5 Å². The van der Waals surface area contributed by atoms with Gasteiger partial charge in [0, 0.05) is 19.3 Å². The maximum Gasteiger partial charge on any atom is 0.146 e. The van der Waals surface area contributed by atoms with Gasteiger partial charge in [-0.15, -0.1) is 0 Å². The quantitative estimate of drug-likeness (QED) is 0.470. The van der Waals surface area contributed by atoms with Gasteiger partial charge in [-0.2, -0.15) is 0 Å². The van der Waals surface area contributed by atoms with Crippen molar-refractivity contribution in [1.29, 1.82) is 0 Å². The molecule has 2 aromatic heterocycles. The minimum Gasteiger partial charge on any atom is -0.383 e. The summed E-state index contributed by atoms with van der Waals surface area (Å²) in [5, 5.41) is 0.787. The third-order valence-corrected chi connectivity index (χ3v) is 2.72. The van der Waals surface area contributed by atoms with Crippen LogP contribution in [0.15, 0.2) is 17.5 Å². The summed E-state index contributed by atoms with van der Waals surface area (Å²) in [5.41, 5.74) is 12.9. The predicted molar refractivity (Wildman–Crippen MR) is 76.9 cm³/mol. The van der Waals surface area contributed by atoms with Gasteiger partial charge in [-0.25, -0.2) is 9.97 Å². The Balaban J connectivity index is 2.47. The molecule has 0 aliphatic heterocycles. The highest BCUT2D eigenvalue weighted by molar-refractivity contribution is 5.92. The molecule has 6 heteroatoms. The van der Waals surface area contributed by atoms with Crippen LogP contribution in [0.4, 0.5) is 5.82 Å². The molecule has 0 spiro atoms. The molecular formula is C13H16N6. The first-order chi connectivity index (χ1) is 9.27. The first-order valence-corrected chi connectivity index (χ1v) is 5.98. The fourth-order valence-corrected chi connectivity index (χ4v) is 1.91. The van der Waals surface area contributed by atoms with Crippen molar-refractivity contribution in [1.82, 2.24) is 14.5 Å². The average Bonchev–Trinajstić information content (AvgIpc) is 2.77. The number of nitrogens with zero attached hydrogens (tertiary/aromatic N) is 4. The lowest BCUT2D eigenvalue weighted by Gasteiger charge is -2.02. The van der Waals surface area contributed by atoms with E-state index in [1.807, 2.05) is 10.8 Å². The zero-order valence-electron chi connectivity index (χ0n) is 10.6. The number of aryl methyl sites for hydroxylation is 1. The molecule has 0 aromatic carbocycles. The summed E-state index contributed by atoms with van der Waals surface area (Å²) in [4.78, 5) is 12.1. The summed E-state index contributed by atoms with van der Waals surface area (Å²) in [6.45, 7) is 5.28. The van der Waals surface area contributed by atoms with E-state index in [4.69, 9.17) is 11.5 Å². The number of fused-ring (bicyclic) bond motifs is 1. The number of rotatable bonds is 4. The van der Waals surface area contributed by atoms with Crippen molar-refractivity contribution >= 4 is 23.6 Å². The van der Waals surface area contributed by atoms with Gasteiger partial charge >= 0.3 is 0 Å². The third-order valence-electron chi connectivity index (χ3n) is 2.72. The van der Waals surface area contributed by atoms with Crippen molar-refractivity contribution in [2.24, 2.45) is 10.7 Å². The lowest BCUT2D eigenvalue weighted by Crippen LogP contribution is -2.00. The van der Waals surface area contributed by atoms with E-state index in [2.05, 4.69) is 33.5 Å². The van der Waals surface area contributed by atoms with Gasteiger partial charge in [-0.1, -0.05) is 11.8 Å². The summed E-state index contributed by atoms with van der Waals surface area (Å²) >= 11 is 0. The van der Waals surface area contributed by atoms with Crippen LogP contribution >= 0.6 is 0 Å². The molecular weight excluding hydrogens is 240 g/mol. The molecule has 0 radical (unpaired) electrons. The van der Waals surface area contributed by atoms with Crippen LogP contribution in [0.2, 0.25) is 0 Å². The lowest BCUT2D eigenvalue weighted by atomic mass is 10.2. The van der Waals surface area contributed by atoms with Gasteiger partial charge in [0.15, 0.2) is 0 Å². The van der Waals surface area contributed by atoms with Crippen molar-refractivity contribution in [2.45, 2.75) is 13.0 Å². The van der Waals surface area contributed by atoms with Crippen molar-refractivity contribution < 1.29 is 0 Å². The maximum atomic E-state index is 5.90. The number of aromatic nitrogens is 3. The summed E-state index contributed by atoms with van der Waals surface area (Å²) in [6.07, 6.45) is 4.28. The van der Waals surface area contributed by atoms with Crippen LogP contribution < -0.4 is 11.5 Å². The van der Waals surface area contributed by atoms with Gasteiger partial charge in [0.2, 0.25) is 0 Å². The number of anilines is 1.